The zero-order valence-corrected chi connectivity index (χ0v) is 18.7. The molecule has 0 saturated heterocycles. The molecule has 0 atom stereocenters. The van der Waals surface area contributed by atoms with E-state index < -0.39 is 0 Å². The molecular formula is C20H14Cl2N4O2S2. The van der Waals surface area contributed by atoms with Gasteiger partial charge < -0.3 is 4.52 Å². The van der Waals surface area contributed by atoms with Crippen molar-refractivity contribution >= 4 is 57.3 Å². The monoisotopic (exact) mass is 476 g/mol. The molecule has 0 saturated carbocycles. The number of halogens is 2. The lowest BCUT2D eigenvalue weighted by molar-refractivity contribution is 0.102. The molecule has 2 aromatic heterocycles. The van der Waals surface area contributed by atoms with Crippen molar-refractivity contribution in [1.29, 1.82) is 0 Å². The molecule has 4 rings (SSSR count). The Morgan fingerprint density at radius 3 is 2.60 bits per heavy atom. The third kappa shape index (κ3) is 4.52. The number of nitrogens with zero attached hydrogens (tertiary/aromatic N) is 3. The van der Waals surface area contributed by atoms with E-state index in [-0.39, 0.29) is 5.91 Å². The van der Waals surface area contributed by atoms with Crippen molar-refractivity contribution in [2.24, 2.45) is 0 Å². The van der Waals surface area contributed by atoms with Crippen LogP contribution >= 0.6 is 46.3 Å². The van der Waals surface area contributed by atoms with E-state index in [4.69, 9.17) is 27.7 Å². The molecule has 0 unspecified atom stereocenters. The molecule has 30 heavy (non-hydrogen) atoms. The summed E-state index contributed by atoms with van der Waals surface area (Å²) in [5.74, 6) is 0.659. The van der Waals surface area contributed by atoms with Gasteiger partial charge in [0.05, 0.1) is 5.02 Å². The number of hydrogen-bond acceptors (Lipinski definition) is 7. The van der Waals surface area contributed by atoms with Gasteiger partial charge in [0.2, 0.25) is 5.13 Å². The molecule has 0 spiro atoms. The third-order valence-electron chi connectivity index (χ3n) is 4.15. The van der Waals surface area contributed by atoms with Gasteiger partial charge >= 0.3 is 0 Å². The molecule has 0 fully saturated rings. The van der Waals surface area contributed by atoms with E-state index >= 15 is 0 Å². The number of anilines is 1. The number of aryl methyl sites for hydroxylation is 1. The average molecular weight is 477 g/mol. The second kappa shape index (κ2) is 9.18. The largest absolute Gasteiger partial charge is 0.360 e. The van der Waals surface area contributed by atoms with Crippen molar-refractivity contribution in [3.63, 3.8) is 0 Å². The molecule has 6 nitrogen and oxygen atoms in total. The number of carbonyl (C=O) groups is 1. The number of thioether (sulfide) groups is 1. The van der Waals surface area contributed by atoms with Gasteiger partial charge in [0.15, 0.2) is 4.34 Å². The number of amides is 1. The molecule has 0 bridgehead atoms. The second-order valence-electron chi connectivity index (χ2n) is 6.15. The third-order valence-corrected chi connectivity index (χ3v) is 6.87. The summed E-state index contributed by atoms with van der Waals surface area (Å²) in [5.41, 5.74) is 2.32. The van der Waals surface area contributed by atoms with Crippen LogP contribution in [0.1, 0.15) is 21.7 Å². The molecule has 1 amide bonds. The van der Waals surface area contributed by atoms with Crippen molar-refractivity contribution < 1.29 is 9.32 Å². The maximum atomic E-state index is 12.9. The van der Waals surface area contributed by atoms with E-state index in [1.807, 2.05) is 36.4 Å². The zero-order valence-electron chi connectivity index (χ0n) is 15.6. The summed E-state index contributed by atoms with van der Waals surface area (Å²) in [6.45, 7) is 1.67. The van der Waals surface area contributed by atoms with Crippen LogP contribution in [0.4, 0.5) is 5.13 Å². The highest BCUT2D eigenvalue weighted by molar-refractivity contribution is 8.00. The average Bonchev–Trinajstić information content (AvgIpc) is 3.34. The lowest BCUT2D eigenvalue weighted by atomic mass is 10.1. The van der Waals surface area contributed by atoms with Gasteiger partial charge in [0.25, 0.3) is 5.91 Å². The van der Waals surface area contributed by atoms with Gasteiger partial charge in [0.1, 0.15) is 17.0 Å². The first-order chi connectivity index (χ1) is 14.5. The Morgan fingerprint density at radius 1 is 1.10 bits per heavy atom. The standard InChI is InChI=1S/C20H14Cl2N4O2S2/c1-11-16(17(26-28-11)13-7-3-5-9-15(13)22)18(27)23-19-24-25-20(30-19)29-10-12-6-2-4-8-14(12)21/h2-9H,10H2,1H3,(H,23,24,27). The van der Waals surface area contributed by atoms with Crippen molar-refractivity contribution in [3.8, 4) is 11.3 Å². The lowest BCUT2D eigenvalue weighted by Gasteiger charge is -2.04. The van der Waals surface area contributed by atoms with E-state index in [0.29, 0.717) is 43.5 Å². The molecule has 0 aliphatic carbocycles. The maximum absolute atomic E-state index is 12.9. The lowest BCUT2D eigenvalue weighted by Crippen LogP contribution is -2.13. The first-order valence-corrected chi connectivity index (χ1v) is 11.3. The molecule has 1 N–H and O–H groups in total. The molecule has 0 aliphatic heterocycles. The van der Waals surface area contributed by atoms with E-state index in [0.717, 1.165) is 9.90 Å². The smallest absolute Gasteiger partial charge is 0.263 e. The van der Waals surface area contributed by atoms with Crippen molar-refractivity contribution in [2.45, 2.75) is 17.0 Å². The van der Waals surface area contributed by atoms with Crippen LogP contribution in [0, 0.1) is 6.92 Å². The Morgan fingerprint density at radius 2 is 1.83 bits per heavy atom. The highest BCUT2D eigenvalue weighted by Gasteiger charge is 2.24. The van der Waals surface area contributed by atoms with Crippen LogP contribution in [-0.2, 0) is 5.75 Å². The predicted octanol–water partition coefficient (Wildman–Crippen LogP) is 6.35. The number of aromatic nitrogens is 3. The van der Waals surface area contributed by atoms with E-state index in [1.165, 1.54) is 23.1 Å². The molecule has 2 heterocycles. The van der Waals surface area contributed by atoms with Crippen molar-refractivity contribution in [2.75, 3.05) is 5.32 Å². The number of rotatable bonds is 6. The van der Waals surface area contributed by atoms with E-state index in [1.54, 1.807) is 19.1 Å². The molecule has 2 aromatic carbocycles. The normalized spacial score (nSPS) is 10.9. The first kappa shape index (κ1) is 20.9. The molecule has 0 radical (unpaired) electrons. The fourth-order valence-electron chi connectivity index (χ4n) is 2.71. The Kier molecular flexibility index (Phi) is 6.38. The van der Waals surface area contributed by atoms with Crippen LogP contribution in [0.25, 0.3) is 11.3 Å². The zero-order chi connectivity index (χ0) is 21.1. The predicted molar refractivity (Wildman–Crippen MR) is 121 cm³/mol. The molecule has 10 heteroatoms. The van der Waals surface area contributed by atoms with Crippen LogP contribution in [0.2, 0.25) is 10.0 Å². The first-order valence-electron chi connectivity index (χ1n) is 8.75. The topological polar surface area (TPSA) is 80.9 Å². The minimum atomic E-state index is -0.387. The summed E-state index contributed by atoms with van der Waals surface area (Å²) in [6.07, 6.45) is 0. The van der Waals surface area contributed by atoms with Gasteiger partial charge in [-0.3, -0.25) is 10.1 Å². The Labute approximate surface area is 190 Å². The van der Waals surface area contributed by atoms with Gasteiger partial charge in [-0.25, -0.2) is 0 Å². The minimum Gasteiger partial charge on any atom is -0.360 e. The molecular weight excluding hydrogens is 463 g/mol. The fraction of sp³-hybridized carbons (Fsp3) is 0.100. The van der Waals surface area contributed by atoms with Gasteiger partial charge in [-0.15, -0.1) is 10.2 Å². The summed E-state index contributed by atoms with van der Waals surface area (Å²) < 4.78 is 5.97. The van der Waals surface area contributed by atoms with Crippen LogP contribution in [0.5, 0.6) is 0 Å². The molecule has 152 valence electrons. The van der Waals surface area contributed by atoms with E-state index in [2.05, 4.69) is 20.7 Å². The summed E-state index contributed by atoms with van der Waals surface area (Å²) in [6, 6.07) is 14.8. The summed E-state index contributed by atoms with van der Waals surface area (Å²) in [4.78, 5) is 12.9. The SMILES string of the molecule is Cc1onc(-c2ccccc2Cl)c1C(=O)Nc1nnc(SCc2ccccc2Cl)s1. The van der Waals surface area contributed by atoms with Crippen molar-refractivity contribution in [1.82, 2.24) is 15.4 Å². The summed E-state index contributed by atoms with van der Waals surface area (Å²) in [7, 11) is 0. The molecule has 0 aliphatic rings. The van der Waals surface area contributed by atoms with Gasteiger partial charge in [-0.05, 0) is 24.6 Å². The summed E-state index contributed by atoms with van der Waals surface area (Å²) in [5, 5.41) is 16.5. The highest BCUT2D eigenvalue weighted by Crippen LogP contribution is 2.33. The van der Waals surface area contributed by atoms with Crippen LogP contribution < -0.4 is 5.32 Å². The minimum absolute atomic E-state index is 0.309. The number of benzene rings is 2. The number of hydrogen-bond donors (Lipinski definition) is 1. The van der Waals surface area contributed by atoms with Crippen molar-refractivity contribution in [3.05, 3.63) is 75.5 Å². The van der Waals surface area contributed by atoms with Gasteiger partial charge in [-0.1, -0.05) is 87.9 Å². The number of carbonyl (C=O) groups excluding carboxylic acids is 1. The second-order valence-corrected chi connectivity index (χ2v) is 9.16. The Bertz CT molecular complexity index is 1210. The van der Waals surface area contributed by atoms with E-state index in [9.17, 15) is 4.79 Å². The summed E-state index contributed by atoms with van der Waals surface area (Å²) >= 11 is 15.2. The Hall–Kier alpha value is -2.39. The highest BCUT2D eigenvalue weighted by atomic mass is 35.5. The molecule has 4 aromatic rings. The Balaban J connectivity index is 1.49. The van der Waals surface area contributed by atoms with Crippen LogP contribution in [-0.4, -0.2) is 21.3 Å². The van der Waals surface area contributed by atoms with Crippen LogP contribution in [0.15, 0.2) is 57.4 Å². The van der Waals surface area contributed by atoms with Gasteiger partial charge in [0, 0.05) is 16.3 Å². The maximum Gasteiger partial charge on any atom is 0.263 e. The number of nitrogens with one attached hydrogen (secondary N) is 1. The van der Waals surface area contributed by atoms with Crippen LogP contribution in [0.3, 0.4) is 0 Å². The fourth-order valence-corrected chi connectivity index (χ4v) is 4.97. The van der Waals surface area contributed by atoms with Gasteiger partial charge in [-0.2, -0.15) is 0 Å². The quantitative estimate of drug-likeness (QED) is 0.257.